The van der Waals surface area contributed by atoms with Crippen molar-refractivity contribution >= 4 is 5.97 Å². The summed E-state index contributed by atoms with van der Waals surface area (Å²) < 4.78 is 10.0. The molecular weight excluding hydrogens is 256 g/mol. The maximum Gasteiger partial charge on any atom is 0.309 e. The first-order valence-corrected chi connectivity index (χ1v) is 6.60. The van der Waals surface area contributed by atoms with Gasteiger partial charge in [0.15, 0.2) is 6.10 Å². The van der Waals surface area contributed by atoms with Crippen LogP contribution in [-0.2, 0) is 27.2 Å². The Balaban J connectivity index is 2.05. The average Bonchev–Trinajstić information content (AvgIpc) is 2.49. The number of carbonyl (C=O) groups is 1. The Morgan fingerprint density at radius 2 is 2.25 bits per heavy atom. The summed E-state index contributed by atoms with van der Waals surface area (Å²) in [7, 11) is 1.39. The van der Waals surface area contributed by atoms with E-state index in [9.17, 15) is 4.79 Å². The van der Waals surface area contributed by atoms with Gasteiger partial charge >= 0.3 is 5.97 Å². The van der Waals surface area contributed by atoms with Gasteiger partial charge in [0.05, 0.1) is 26.2 Å². The van der Waals surface area contributed by atoms with Crippen molar-refractivity contribution in [3.63, 3.8) is 0 Å². The molecule has 5 heteroatoms. The molecule has 1 aromatic carbocycles. The Kier molecular flexibility index (Phi) is 5.10. The fourth-order valence-corrected chi connectivity index (χ4v) is 2.28. The SMILES string of the molecule is COC(=O)Cc1ccccc1CN1CCOC(C#N)C1. The van der Waals surface area contributed by atoms with E-state index < -0.39 is 0 Å². The molecule has 1 aromatic rings. The van der Waals surface area contributed by atoms with E-state index in [1.54, 1.807) is 0 Å². The standard InChI is InChI=1S/C15H18N2O3/c1-19-15(18)8-12-4-2-3-5-13(12)10-17-6-7-20-14(9-16)11-17/h2-5,14H,6-8,10-11H2,1H3. The lowest BCUT2D eigenvalue weighted by Gasteiger charge is -2.30. The van der Waals surface area contributed by atoms with Gasteiger partial charge in [0, 0.05) is 19.6 Å². The highest BCUT2D eigenvalue weighted by Crippen LogP contribution is 2.15. The largest absolute Gasteiger partial charge is 0.469 e. The lowest BCUT2D eigenvalue weighted by atomic mass is 10.0. The van der Waals surface area contributed by atoms with Crippen LogP contribution in [0.3, 0.4) is 0 Å². The van der Waals surface area contributed by atoms with Crippen LogP contribution in [0, 0.1) is 11.3 Å². The number of ether oxygens (including phenoxy) is 2. The number of rotatable bonds is 4. The third-order valence-corrected chi connectivity index (χ3v) is 3.37. The number of benzene rings is 1. The molecule has 0 N–H and O–H groups in total. The van der Waals surface area contributed by atoms with Gasteiger partial charge in [-0.3, -0.25) is 9.69 Å². The third-order valence-electron chi connectivity index (χ3n) is 3.37. The minimum absolute atomic E-state index is 0.241. The summed E-state index contributed by atoms with van der Waals surface area (Å²) in [6.07, 6.45) is -0.0879. The minimum atomic E-state index is -0.364. The highest BCUT2D eigenvalue weighted by atomic mass is 16.5. The van der Waals surface area contributed by atoms with E-state index >= 15 is 0 Å². The van der Waals surface area contributed by atoms with E-state index in [0.717, 1.165) is 17.7 Å². The molecule has 106 valence electrons. The van der Waals surface area contributed by atoms with Crippen LogP contribution in [0.25, 0.3) is 0 Å². The smallest absolute Gasteiger partial charge is 0.309 e. The highest BCUT2D eigenvalue weighted by molar-refractivity contribution is 5.72. The Morgan fingerprint density at radius 1 is 1.50 bits per heavy atom. The van der Waals surface area contributed by atoms with Crippen molar-refractivity contribution in [1.29, 1.82) is 5.26 Å². The normalized spacial score (nSPS) is 19.3. The van der Waals surface area contributed by atoms with Crippen LogP contribution in [0.5, 0.6) is 0 Å². The molecule has 0 bridgehead atoms. The predicted octanol–water partition coefficient (Wildman–Crippen LogP) is 1.13. The van der Waals surface area contributed by atoms with E-state index in [0.29, 0.717) is 19.7 Å². The number of nitriles is 1. The van der Waals surface area contributed by atoms with E-state index in [1.807, 2.05) is 24.3 Å². The molecule has 1 atom stereocenters. The van der Waals surface area contributed by atoms with Crippen LogP contribution >= 0.6 is 0 Å². The fourth-order valence-electron chi connectivity index (χ4n) is 2.28. The molecule has 1 saturated heterocycles. The van der Waals surface area contributed by atoms with Gasteiger partial charge in [-0.05, 0) is 11.1 Å². The van der Waals surface area contributed by atoms with Crippen molar-refractivity contribution < 1.29 is 14.3 Å². The number of hydrogen-bond acceptors (Lipinski definition) is 5. The molecule has 0 saturated carbocycles. The molecule has 0 radical (unpaired) electrons. The fraction of sp³-hybridized carbons (Fsp3) is 0.467. The average molecular weight is 274 g/mol. The molecular formula is C15H18N2O3. The molecule has 1 heterocycles. The first-order valence-electron chi connectivity index (χ1n) is 6.60. The molecule has 0 aromatic heterocycles. The summed E-state index contributed by atoms with van der Waals surface area (Å²) in [6.45, 7) is 2.68. The zero-order chi connectivity index (χ0) is 14.4. The number of carbonyl (C=O) groups excluding carboxylic acids is 1. The molecule has 2 rings (SSSR count). The summed E-state index contributed by atoms with van der Waals surface area (Å²) in [5, 5.41) is 8.92. The first-order chi connectivity index (χ1) is 9.72. The summed E-state index contributed by atoms with van der Waals surface area (Å²) in [6, 6.07) is 9.96. The van der Waals surface area contributed by atoms with Gasteiger partial charge < -0.3 is 9.47 Å². The Hall–Kier alpha value is -1.90. The molecule has 1 unspecified atom stereocenters. The molecule has 0 aliphatic carbocycles. The number of morpholine rings is 1. The Labute approximate surface area is 118 Å². The van der Waals surface area contributed by atoms with Gasteiger partial charge in [0.2, 0.25) is 0 Å². The Bertz CT molecular complexity index is 510. The van der Waals surface area contributed by atoms with Crippen molar-refractivity contribution in [3.8, 4) is 6.07 Å². The molecule has 0 spiro atoms. The van der Waals surface area contributed by atoms with E-state index in [4.69, 9.17) is 14.7 Å². The molecule has 1 aliphatic heterocycles. The molecule has 0 amide bonds. The first kappa shape index (κ1) is 14.5. The highest BCUT2D eigenvalue weighted by Gasteiger charge is 2.20. The second kappa shape index (κ2) is 7.04. The Morgan fingerprint density at radius 3 is 2.95 bits per heavy atom. The van der Waals surface area contributed by atoms with Gasteiger partial charge in [0.1, 0.15) is 0 Å². The van der Waals surface area contributed by atoms with Gasteiger partial charge in [-0.15, -0.1) is 0 Å². The zero-order valence-corrected chi connectivity index (χ0v) is 11.5. The quantitative estimate of drug-likeness (QED) is 0.770. The lowest BCUT2D eigenvalue weighted by Crippen LogP contribution is -2.41. The van der Waals surface area contributed by atoms with E-state index in [1.165, 1.54) is 7.11 Å². The number of methoxy groups -OCH3 is 1. The lowest BCUT2D eigenvalue weighted by molar-refractivity contribution is -0.139. The molecule has 5 nitrogen and oxygen atoms in total. The summed E-state index contributed by atoms with van der Waals surface area (Å²) in [5.74, 6) is -0.241. The van der Waals surface area contributed by atoms with Crippen molar-refractivity contribution in [1.82, 2.24) is 4.90 Å². The summed E-state index contributed by atoms with van der Waals surface area (Å²) in [4.78, 5) is 13.6. The zero-order valence-electron chi connectivity index (χ0n) is 11.5. The third kappa shape index (κ3) is 3.80. The number of hydrogen-bond donors (Lipinski definition) is 0. The molecule has 1 aliphatic rings. The summed E-state index contributed by atoms with van der Waals surface area (Å²) in [5.41, 5.74) is 2.07. The van der Waals surface area contributed by atoms with Crippen LogP contribution in [-0.4, -0.2) is 43.8 Å². The maximum atomic E-state index is 11.4. The monoisotopic (exact) mass is 274 g/mol. The van der Waals surface area contributed by atoms with Crippen LogP contribution < -0.4 is 0 Å². The predicted molar refractivity (Wildman–Crippen MR) is 72.8 cm³/mol. The van der Waals surface area contributed by atoms with Crippen LogP contribution in [0.15, 0.2) is 24.3 Å². The topological polar surface area (TPSA) is 62.6 Å². The molecule has 1 fully saturated rings. The second-order valence-electron chi connectivity index (χ2n) is 4.75. The number of nitrogens with zero attached hydrogens (tertiary/aromatic N) is 2. The second-order valence-corrected chi connectivity index (χ2v) is 4.75. The van der Waals surface area contributed by atoms with Gasteiger partial charge in [0.25, 0.3) is 0 Å². The van der Waals surface area contributed by atoms with Crippen molar-refractivity contribution in [2.75, 3.05) is 26.8 Å². The van der Waals surface area contributed by atoms with Crippen LogP contribution in [0.1, 0.15) is 11.1 Å². The van der Waals surface area contributed by atoms with Gasteiger partial charge in [-0.2, -0.15) is 5.26 Å². The van der Waals surface area contributed by atoms with Crippen LogP contribution in [0.4, 0.5) is 0 Å². The minimum Gasteiger partial charge on any atom is -0.469 e. The van der Waals surface area contributed by atoms with E-state index in [-0.39, 0.29) is 18.5 Å². The van der Waals surface area contributed by atoms with Gasteiger partial charge in [-0.25, -0.2) is 0 Å². The van der Waals surface area contributed by atoms with Crippen molar-refractivity contribution in [2.24, 2.45) is 0 Å². The summed E-state index contributed by atoms with van der Waals surface area (Å²) >= 11 is 0. The molecule has 20 heavy (non-hydrogen) atoms. The van der Waals surface area contributed by atoms with Gasteiger partial charge in [-0.1, -0.05) is 24.3 Å². The van der Waals surface area contributed by atoms with Crippen LogP contribution in [0.2, 0.25) is 0 Å². The van der Waals surface area contributed by atoms with E-state index in [2.05, 4.69) is 11.0 Å². The number of esters is 1. The van der Waals surface area contributed by atoms with Crippen molar-refractivity contribution in [3.05, 3.63) is 35.4 Å². The van der Waals surface area contributed by atoms with Crippen molar-refractivity contribution in [2.45, 2.75) is 19.1 Å². The maximum absolute atomic E-state index is 11.4.